The van der Waals surface area contributed by atoms with Crippen molar-refractivity contribution in [2.24, 2.45) is 5.41 Å². The third-order valence-electron chi connectivity index (χ3n) is 5.78. The Bertz CT molecular complexity index is 914. The number of aromatic amines is 1. The van der Waals surface area contributed by atoms with Gasteiger partial charge in [-0.15, -0.1) is 0 Å². The number of nitriles is 1. The normalized spacial score (nSPS) is 19.8. The molecule has 0 radical (unpaired) electrons. The van der Waals surface area contributed by atoms with E-state index in [1.165, 1.54) is 12.8 Å². The van der Waals surface area contributed by atoms with E-state index in [2.05, 4.69) is 16.0 Å². The molecule has 1 spiro atoms. The van der Waals surface area contributed by atoms with Crippen molar-refractivity contribution in [1.82, 2.24) is 4.98 Å². The van der Waals surface area contributed by atoms with E-state index in [0.29, 0.717) is 22.2 Å². The van der Waals surface area contributed by atoms with Crippen LogP contribution in [-0.4, -0.2) is 34.9 Å². The largest absolute Gasteiger partial charge is 0.393 e. The molecular weight excluding hydrogens is 318 g/mol. The molecule has 1 aliphatic carbocycles. The second-order valence-electron chi connectivity index (χ2n) is 7.28. The average Bonchev–Trinajstić information content (AvgIpc) is 3.39. The van der Waals surface area contributed by atoms with Crippen LogP contribution < -0.4 is 10.5 Å². The van der Waals surface area contributed by atoms with Crippen molar-refractivity contribution >= 4 is 16.6 Å². The van der Waals surface area contributed by atoms with Crippen LogP contribution in [0.15, 0.2) is 23.0 Å². The molecule has 6 heteroatoms. The highest BCUT2D eigenvalue weighted by atomic mass is 16.3. The Morgan fingerprint density at radius 3 is 2.60 bits per heavy atom. The number of nitrogens with zero attached hydrogens (tertiary/aromatic N) is 2. The number of nitrogens with one attached hydrogen (secondary N) is 1. The van der Waals surface area contributed by atoms with Gasteiger partial charge in [-0.3, -0.25) is 4.79 Å². The first kappa shape index (κ1) is 16.1. The SMILES string of the molecule is N#Cc1c(N2CCC3(CC2)CC3)c2cc(C(O)CO)ccc2[nH]c1=O. The van der Waals surface area contributed by atoms with E-state index in [1.54, 1.807) is 18.2 Å². The molecule has 2 heterocycles. The molecule has 2 fully saturated rings. The zero-order valence-corrected chi connectivity index (χ0v) is 14.0. The number of aliphatic hydroxyl groups excluding tert-OH is 2. The van der Waals surface area contributed by atoms with Gasteiger partial charge in [0.05, 0.1) is 17.8 Å². The van der Waals surface area contributed by atoms with Gasteiger partial charge in [0.1, 0.15) is 17.7 Å². The van der Waals surface area contributed by atoms with Crippen LogP contribution in [0.25, 0.3) is 10.9 Å². The first-order valence-electron chi connectivity index (χ1n) is 8.71. The number of hydrogen-bond acceptors (Lipinski definition) is 5. The van der Waals surface area contributed by atoms with E-state index in [9.17, 15) is 20.3 Å². The fourth-order valence-corrected chi connectivity index (χ4v) is 3.92. The Balaban J connectivity index is 1.86. The number of piperidine rings is 1. The van der Waals surface area contributed by atoms with Crippen molar-refractivity contribution in [3.8, 4) is 6.07 Å². The molecule has 3 N–H and O–H groups in total. The number of rotatable bonds is 3. The first-order valence-corrected chi connectivity index (χ1v) is 8.71. The van der Waals surface area contributed by atoms with Crippen molar-refractivity contribution in [2.45, 2.75) is 31.8 Å². The summed E-state index contributed by atoms with van der Waals surface area (Å²) in [5, 5.41) is 29.5. The quantitative estimate of drug-likeness (QED) is 0.792. The van der Waals surface area contributed by atoms with Gasteiger partial charge < -0.3 is 20.1 Å². The van der Waals surface area contributed by atoms with Crippen LogP contribution in [0.1, 0.15) is 42.9 Å². The van der Waals surface area contributed by atoms with Gasteiger partial charge in [-0.2, -0.15) is 5.26 Å². The monoisotopic (exact) mass is 339 g/mol. The van der Waals surface area contributed by atoms with Crippen LogP contribution in [0.4, 0.5) is 5.69 Å². The van der Waals surface area contributed by atoms with E-state index in [4.69, 9.17) is 0 Å². The molecule has 1 saturated carbocycles. The van der Waals surface area contributed by atoms with Gasteiger partial charge in [0, 0.05) is 18.5 Å². The predicted octanol–water partition coefficient (Wildman–Crippen LogP) is 1.81. The summed E-state index contributed by atoms with van der Waals surface area (Å²) in [5.41, 5.74) is 2.10. The minimum atomic E-state index is -0.981. The number of benzene rings is 1. The molecule has 2 aliphatic rings. The average molecular weight is 339 g/mol. The molecule has 4 rings (SSSR count). The number of H-pyrrole nitrogens is 1. The molecule has 1 saturated heterocycles. The number of aliphatic hydroxyl groups is 2. The molecule has 1 aromatic heterocycles. The maximum Gasteiger partial charge on any atom is 0.268 e. The third-order valence-corrected chi connectivity index (χ3v) is 5.78. The Morgan fingerprint density at radius 1 is 1.28 bits per heavy atom. The molecule has 0 amide bonds. The third kappa shape index (κ3) is 2.70. The Morgan fingerprint density at radius 2 is 2.00 bits per heavy atom. The summed E-state index contributed by atoms with van der Waals surface area (Å²) in [6, 6.07) is 7.23. The molecule has 1 atom stereocenters. The van der Waals surface area contributed by atoms with Crippen LogP contribution >= 0.6 is 0 Å². The molecule has 2 aromatic rings. The summed E-state index contributed by atoms with van der Waals surface area (Å²) in [5.74, 6) is 0. The minimum absolute atomic E-state index is 0.120. The highest BCUT2D eigenvalue weighted by Crippen LogP contribution is 2.54. The maximum absolute atomic E-state index is 12.3. The van der Waals surface area contributed by atoms with Gasteiger partial charge >= 0.3 is 0 Å². The maximum atomic E-state index is 12.3. The lowest BCUT2D eigenvalue weighted by Crippen LogP contribution is -2.36. The summed E-state index contributed by atoms with van der Waals surface area (Å²) < 4.78 is 0. The lowest BCUT2D eigenvalue weighted by Gasteiger charge is -2.34. The highest BCUT2D eigenvalue weighted by molar-refractivity contribution is 5.95. The van der Waals surface area contributed by atoms with E-state index in [-0.39, 0.29) is 17.7 Å². The number of pyridine rings is 1. The Labute approximate surface area is 145 Å². The highest BCUT2D eigenvalue weighted by Gasteiger charge is 2.44. The van der Waals surface area contributed by atoms with Crippen LogP contribution in [0.5, 0.6) is 0 Å². The first-order chi connectivity index (χ1) is 12.1. The van der Waals surface area contributed by atoms with Gasteiger partial charge in [-0.25, -0.2) is 0 Å². The van der Waals surface area contributed by atoms with Crippen molar-refractivity contribution < 1.29 is 10.2 Å². The minimum Gasteiger partial charge on any atom is -0.393 e. The second-order valence-corrected chi connectivity index (χ2v) is 7.28. The fraction of sp³-hybridized carbons (Fsp3) is 0.474. The van der Waals surface area contributed by atoms with Crippen LogP contribution in [-0.2, 0) is 0 Å². The molecule has 1 unspecified atom stereocenters. The molecular formula is C19H21N3O3. The fourth-order valence-electron chi connectivity index (χ4n) is 3.92. The number of anilines is 1. The Kier molecular flexibility index (Phi) is 3.78. The summed E-state index contributed by atoms with van der Waals surface area (Å²) in [6.45, 7) is 1.29. The molecule has 25 heavy (non-hydrogen) atoms. The van der Waals surface area contributed by atoms with Crippen LogP contribution in [0, 0.1) is 16.7 Å². The summed E-state index contributed by atoms with van der Waals surface area (Å²) in [4.78, 5) is 17.2. The van der Waals surface area contributed by atoms with Crippen LogP contribution in [0.3, 0.4) is 0 Å². The van der Waals surface area contributed by atoms with Gasteiger partial charge in [0.15, 0.2) is 0 Å². The second kappa shape index (κ2) is 5.87. The lowest BCUT2D eigenvalue weighted by molar-refractivity contribution is 0.0957. The molecule has 1 aromatic carbocycles. The van der Waals surface area contributed by atoms with E-state index in [1.807, 2.05) is 0 Å². The molecule has 6 nitrogen and oxygen atoms in total. The van der Waals surface area contributed by atoms with Gasteiger partial charge in [-0.1, -0.05) is 6.07 Å². The summed E-state index contributed by atoms with van der Waals surface area (Å²) in [6.07, 6.45) is 3.77. The molecule has 1 aliphatic heterocycles. The van der Waals surface area contributed by atoms with Gasteiger partial charge in [0.25, 0.3) is 5.56 Å². The number of hydrogen-bond donors (Lipinski definition) is 3. The van der Waals surface area contributed by atoms with E-state index >= 15 is 0 Å². The standard InChI is InChI=1S/C19H21N3O3/c20-10-14-17(22-7-5-19(3-4-19)6-8-22)13-9-12(16(24)11-23)1-2-15(13)21-18(14)25/h1-2,9,16,23-24H,3-8,11H2,(H,21,25). The van der Waals surface area contributed by atoms with Crippen molar-refractivity contribution in [3.05, 3.63) is 39.7 Å². The number of aromatic nitrogens is 1. The van der Waals surface area contributed by atoms with Gasteiger partial charge in [0.2, 0.25) is 0 Å². The van der Waals surface area contributed by atoms with Crippen molar-refractivity contribution in [1.29, 1.82) is 5.26 Å². The van der Waals surface area contributed by atoms with Crippen molar-refractivity contribution in [2.75, 3.05) is 24.6 Å². The summed E-state index contributed by atoms with van der Waals surface area (Å²) >= 11 is 0. The zero-order chi connectivity index (χ0) is 17.6. The number of fused-ring (bicyclic) bond motifs is 1. The van der Waals surface area contributed by atoms with Crippen LogP contribution in [0.2, 0.25) is 0 Å². The van der Waals surface area contributed by atoms with Crippen molar-refractivity contribution in [3.63, 3.8) is 0 Å². The molecule has 130 valence electrons. The Hall–Kier alpha value is -2.36. The zero-order valence-electron chi connectivity index (χ0n) is 14.0. The van der Waals surface area contributed by atoms with E-state index < -0.39 is 6.10 Å². The van der Waals surface area contributed by atoms with Gasteiger partial charge in [-0.05, 0) is 48.8 Å². The van der Waals surface area contributed by atoms with E-state index in [0.717, 1.165) is 31.3 Å². The molecule has 0 bridgehead atoms. The summed E-state index contributed by atoms with van der Waals surface area (Å²) in [7, 11) is 0. The lowest BCUT2D eigenvalue weighted by atomic mass is 9.92. The smallest absolute Gasteiger partial charge is 0.268 e. The predicted molar refractivity (Wildman–Crippen MR) is 94.4 cm³/mol. The topological polar surface area (TPSA) is 100 Å².